The normalized spacial score (nSPS) is 15.3. The van der Waals surface area contributed by atoms with Crippen LogP contribution in [0.2, 0.25) is 0 Å². The maximum atomic E-state index is 12.7. The molecule has 6 nitrogen and oxygen atoms in total. The molecule has 1 fully saturated rings. The number of hydrogen-bond donors (Lipinski definition) is 0. The molecule has 0 N–H and O–H groups in total. The van der Waals surface area contributed by atoms with Crippen molar-refractivity contribution in [1.82, 2.24) is 14.9 Å². The molecule has 0 unspecified atom stereocenters. The summed E-state index contributed by atoms with van der Waals surface area (Å²) in [5, 5.41) is 1.61. The first-order valence-electron chi connectivity index (χ1n) is 8.88. The first-order valence-corrected chi connectivity index (χ1v) is 10.5. The lowest BCUT2D eigenvalue weighted by molar-refractivity contribution is 0.0599. The number of fused-ring (bicyclic) bond motifs is 1. The molecular formula is C19H21N3O3S2. The number of piperidine rings is 1. The summed E-state index contributed by atoms with van der Waals surface area (Å²) in [7, 11) is 1.65. The number of ether oxygens (including phenoxy) is 2. The van der Waals surface area contributed by atoms with Gasteiger partial charge in [0.25, 0.3) is 11.1 Å². The number of carbonyl (C=O) groups excluding carboxylic acids is 1. The smallest absolute Gasteiger partial charge is 0.274 e. The number of aryl methyl sites for hydroxylation is 2. The van der Waals surface area contributed by atoms with Crippen LogP contribution in [0.15, 0.2) is 18.2 Å². The van der Waals surface area contributed by atoms with Crippen molar-refractivity contribution in [3.05, 3.63) is 33.8 Å². The fraction of sp³-hybridized carbons (Fsp3) is 0.421. The van der Waals surface area contributed by atoms with Gasteiger partial charge in [0.05, 0.1) is 28.0 Å². The van der Waals surface area contributed by atoms with Crippen molar-refractivity contribution in [2.75, 3.05) is 20.2 Å². The number of nitrogens with zero attached hydrogens (tertiary/aromatic N) is 3. The molecule has 0 aliphatic carbocycles. The molecule has 0 atom stereocenters. The van der Waals surface area contributed by atoms with Gasteiger partial charge in [-0.05, 0) is 26.0 Å². The van der Waals surface area contributed by atoms with E-state index in [0.29, 0.717) is 18.3 Å². The summed E-state index contributed by atoms with van der Waals surface area (Å²) in [6, 6.07) is 5.84. The van der Waals surface area contributed by atoms with Crippen molar-refractivity contribution < 1.29 is 14.3 Å². The van der Waals surface area contributed by atoms with Gasteiger partial charge in [0, 0.05) is 32.0 Å². The van der Waals surface area contributed by atoms with E-state index in [1.165, 1.54) is 11.3 Å². The lowest BCUT2D eigenvalue weighted by atomic mass is 10.1. The Hall–Kier alpha value is -2.19. The largest absolute Gasteiger partial charge is 0.497 e. The van der Waals surface area contributed by atoms with E-state index in [1.807, 2.05) is 36.9 Å². The van der Waals surface area contributed by atoms with Gasteiger partial charge in [0.2, 0.25) is 0 Å². The highest BCUT2D eigenvalue weighted by atomic mass is 32.1. The number of amides is 1. The minimum atomic E-state index is 0.0841. The average molecular weight is 404 g/mol. The van der Waals surface area contributed by atoms with Gasteiger partial charge in [-0.2, -0.15) is 0 Å². The number of rotatable bonds is 4. The van der Waals surface area contributed by atoms with Crippen molar-refractivity contribution in [3.8, 4) is 10.9 Å². The predicted molar refractivity (Wildman–Crippen MR) is 107 cm³/mol. The lowest BCUT2D eigenvalue weighted by Crippen LogP contribution is -2.41. The molecular weight excluding hydrogens is 382 g/mol. The second-order valence-corrected chi connectivity index (χ2v) is 8.77. The van der Waals surface area contributed by atoms with Crippen LogP contribution in [0.3, 0.4) is 0 Å². The summed E-state index contributed by atoms with van der Waals surface area (Å²) in [5.74, 6) is 0.878. The highest BCUT2D eigenvalue weighted by Crippen LogP contribution is 2.32. The first kappa shape index (κ1) is 18.2. The van der Waals surface area contributed by atoms with Gasteiger partial charge < -0.3 is 14.4 Å². The van der Waals surface area contributed by atoms with Crippen LogP contribution in [0.25, 0.3) is 10.2 Å². The van der Waals surface area contributed by atoms with E-state index in [9.17, 15) is 4.79 Å². The van der Waals surface area contributed by atoms with Crippen LogP contribution in [-0.4, -0.2) is 47.1 Å². The van der Waals surface area contributed by atoms with Gasteiger partial charge in [-0.3, -0.25) is 4.79 Å². The zero-order valence-electron chi connectivity index (χ0n) is 15.5. The number of likely N-dealkylation sites (tertiary alicyclic amines) is 1. The molecule has 0 saturated carbocycles. The average Bonchev–Trinajstić information content (AvgIpc) is 3.22. The standard InChI is InChI=1S/C19H21N3O3S2/c1-11-17(26-12(2)20-11)18(23)22-8-6-13(7-9-22)25-19-21-15-10-14(24-3)4-5-16(15)27-19/h4-5,10,13H,6-9H2,1-3H3. The van der Waals surface area contributed by atoms with E-state index >= 15 is 0 Å². The van der Waals surface area contributed by atoms with Gasteiger partial charge in [-0.25, -0.2) is 9.97 Å². The van der Waals surface area contributed by atoms with Gasteiger partial charge in [-0.15, -0.1) is 11.3 Å². The van der Waals surface area contributed by atoms with Gasteiger partial charge >= 0.3 is 0 Å². The Morgan fingerprint density at radius 2 is 1.96 bits per heavy atom. The van der Waals surface area contributed by atoms with Crippen LogP contribution in [0.1, 0.15) is 33.2 Å². The van der Waals surface area contributed by atoms with Gasteiger partial charge in [0.1, 0.15) is 16.7 Å². The maximum Gasteiger partial charge on any atom is 0.274 e. The quantitative estimate of drug-likeness (QED) is 0.657. The fourth-order valence-electron chi connectivity index (χ4n) is 3.26. The van der Waals surface area contributed by atoms with Crippen molar-refractivity contribution >= 4 is 38.8 Å². The van der Waals surface area contributed by atoms with E-state index in [-0.39, 0.29) is 12.0 Å². The third-order valence-corrected chi connectivity index (χ3v) is 6.66. The Morgan fingerprint density at radius 3 is 2.63 bits per heavy atom. The molecule has 1 aliphatic rings. The number of methoxy groups -OCH3 is 1. The lowest BCUT2D eigenvalue weighted by Gasteiger charge is -2.31. The number of aromatic nitrogens is 2. The van der Waals surface area contributed by atoms with E-state index in [0.717, 1.165) is 44.4 Å². The van der Waals surface area contributed by atoms with Crippen LogP contribution < -0.4 is 9.47 Å². The summed E-state index contributed by atoms with van der Waals surface area (Å²) in [4.78, 5) is 24.3. The third-order valence-electron chi connectivity index (χ3n) is 4.67. The number of hydrogen-bond acceptors (Lipinski definition) is 7. The van der Waals surface area contributed by atoms with E-state index in [4.69, 9.17) is 9.47 Å². The topological polar surface area (TPSA) is 64.6 Å². The van der Waals surface area contributed by atoms with Crippen LogP contribution in [0.4, 0.5) is 0 Å². The van der Waals surface area contributed by atoms with E-state index in [1.54, 1.807) is 18.4 Å². The highest BCUT2D eigenvalue weighted by molar-refractivity contribution is 7.20. The van der Waals surface area contributed by atoms with Crippen molar-refractivity contribution in [2.45, 2.75) is 32.8 Å². The predicted octanol–water partition coefficient (Wildman–Crippen LogP) is 4.06. The summed E-state index contributed by atoms with van der Waals surface area (Å²) in [5.41, 5.74) is 1.71. The molecule has 8 heteroatoms. The van der Waals surface area contributed by atoms with Crippen LogP contribution in [-0.2, 0) is 0 Å². The molecule has 3 aromatic rings. The molecule has 1 aliphatic heterocycles. The summed E-state index contributed by atoms with van der Waals surface area (Å²) in [6.07, 6.45) is 1.70. The molecule has 27 heavy (non-hydrogen) atoms. The zero-order chi connectivity index (χ0) is 19.0. The monoisotopic (exact) mass is 403 g/mol. The molecule has 2 aromatic heterocycles. The Bertz CT molecular complexity index is 974. The molecule has 0 radical (unpaired) electrons. The minimum absolute atomic E-state index is 0.0841. The summed E-state index contributed by atoms with van der Waals surface area (Å²) < 4.78 is 12.4. The molecule has 1 amide bonds. The molecule has 3 heterocycles. The van der Waals surface area contributed by atoms with Gasteiger partial charge in [-0.1, -0.05) is 11.3 Å². The summed E-state index contributed by atoms with van der Waals surface area (Å²) >= 11 is 3.02. The number of benzene rings is 1. The number of carbonyl (C=O) groups is 1. The molecule has 4 rings (SSSR count). The first-order chi connectivity index (χ1) is 13.0. The second kappa shape index (κ2) is 7.44. The fourth-order valence-corrected chi connectivity index (χ4v) is 5.01. The van der Waals surface area contributed by atoms with Crippen LogP contribution in [0, 0.1) is 13.8 Å². The van der Waals surface area contributed by atoms with E-state index < -0.39 is 0 Å². The van der Waals surface area contributed by atoms with E-state index in [2.05, 4.69) is 9.97 Å². The van der Waals surface area contributed by atoms with Crippen LogP contribution >= 0.6 is 22.7 Å². The van der Waals surface area contributed by atoms with Crippen molar-refractivity contribution in [2.24, 2.45) is 0 Å². The Labute approximate surface area is 165 Å². The molecule has 0 spiro atoms. The third kappa shape index (κ3) is 3.77. The molecule has 0 bridgehead atoms. The van der Waals surface area contributed by atoms with Crippen molar-refractivity contribution in [1.29, 1.82) is 0 Å². The summed E-state index contributed by atoms with van der Waals surface area (Å²) in [6.45, 7) is 5.22. The Balaban J connectivity index is 1.38. The molecule has 1 saturated heterocycles. The molecule has 142 valence electrons. The Kier molecular flexibility index (Phi) is 5.01. The molecule has 1 aromatic carbocycles. The maximum absolute atomic E-state index is 12.7. The number of thiazole rings is 2. The highest BCUT2D eigenvalue weighted by Gasteiger charge is 2.27. The zero-order valence-corrected chi connectivity index (χ0v) is 17.2. The minimum Gasteiger partial charge on any atom is -0.497 e. The van der Waals surface area contributed by atoms with Crippen LogP contribution in [0.5, 0.6) is 10.9 Å². The Morgan fingerprint density at radius 1 is 1.19 bits per heavy atom. The van der Waals surface area contributed by atoms with Crippen molar-refractivity contribution in [3.63, 3.8) is 0 Å². The SMILES string of the molecule is COc1ccc2sc(OC3CCN(C(=O)c4sc(C)nc4C)CC3)nc2c1. The second-order valence-electron chi connectivity index (χ2n) is 6.57. The van der Waals surface area contributed by atoms with Gasteiger partial charge in [0.15, 0.2) is 0 Å².